The van der Waals surface area contributed by atoms with E-state index in [1.165, 1.54) is 0 Å². The van der Waals surface area contributed by atoms with E-state index >= 15 is 0 Å². The quantitative estimate of drug-likeness (QED) is 0.854. The van der Waals surface area contributed by atoms with Crippen molar-refractivity contribution >= 4 is 11.4 Å². The summed E-state index contributed by atoms with van der Waals surface area (Å²) in [6, 6.07) is 1.06. The molecule has 1 aliphatic heterocycles. The van der Waals surface area contributed by atoms with E-state index in [2.05, 4.69) is 25.8 Å². The first kappa shape index (κ1) is 15.9. The molecular weight excluding hydrogens is 279 g/mol. The highest BCUT2D eigenvalue weighted by Gasteiger charge is 2.34. The minimum atomic E-state index is -4.44. The van der Waals surface area contributed by atoms with Crippen LogP contribution in [0.5, 0.6) is 0 Å². The Morgan fingerprint density at radius 1 is 1.19 bits per heavy atom. The van der Waals surface area contributed by atoms with Crippen LogP contribution < -0.4 is 10.6 Å². The highest BCUT2D eigenvalue weighted by molar-refractivity contribution is 5.67. The molecule has 0 radical (unpaired) electrons. The third kappa shape index (κ3) is 3.60. The zero-order chi connectivity index (χ0) is 15.8. The van der Waals surface area contributed by atoms with Crippen LogP contribution in [0.1, 0.15) is 39.3 Å². The highest BCUT2D eigenvalue weighted by atomic mass is 19.4. The lowest BCUT2D eigenvalue weighted by Gasteiger charge is -2.40. The summed E-state index contributed by atoms with van der Waals surface area (Å²) >= 11 is 0. The van der Waals surface area contributed by atoms with Gasteiger partial charge in [0.15, 0.2) is 0 Å². The number of anilines is 2. The molecule has 118 valence electrons. The van der Waals surface area contributed by atoms with Crippen LogP contribution in [0.25, 0.3) is 0 Å². The van der Waals surface area contributed by atoms with Gasteiger partial charge in [0.2, 0.25) is 0 Å². The molecule has 1 saturated heterocycles. The van der Waals surface area contributed by atoms with Gasteiger partial charge in [-0.3, -0.25) is 0 Å². The van der Waals surface area contributed by atoms with Crippen LogP contribution in [0.15, 0.2) is 12.3 Å². The Kier molecular flexibility index (Phi) is 4.08. The third-order valence-electron chi connectivity index (χ3n) is 4.26. The number of hydrogen-bond acceptors (Lipinski definition) is 3. The second-order valence-electron chi connectivity index (χ2n) is 6.75. The fraction of sp³-hybridized carbons (Fsp3) is 0.667. The summed E-state index contributed by atoms with van der Waals surface area (Å²) in [5.74, 6) is 0.582. The Morgan fingerprint density at radius 2 is 1.76 bits per heavy atom. The monoisotopic (exact) mass is 301 g/mol. The molecule has 1 fully saturated rings. The van der Waals surface area contributed by atoms with E-state index in [-0.39, 0.29) is 5.41 Å². The standard InChI is InChI=1S/C15H22F3N3/c1-14(2,3)10-4-6-21(7-5-10)12-8-13(15(16,17)18)20-9-11(12)19/h8-10H,4-7,19H2,1-3H3. The number of hydrogen-bond donors (Lipinski definition) is 1. The summed E-state index contributed by atoms with van der Waals surface area (Å²) in [6.45, 7) is 8.07. The molecule has 0 aromatic carbocycles. The number of halogens is 3. The molecule has 0 atom stereocenters. The van der Waals surface area contributed by atoms with Crippen molar-refractivity contribution < 1.29 is 13.2 Å². The van der Waals surface area contributed by atoms with Crippen molar-refractivity contribution in [3.05, 3.63) is 18.0 Å². The minimum absolute atomic E-state index is 0.229. The Balaban J connectivity index is 2.17. The topological polar surface area (TPSA) is 42.2 Å². The number of alkyl halides is 3. The summed E-state index contributed by atoms with van der Waals surface area (Å²) in [6.07, 6.45) is -1.40. The number of pyridine rings is 1. The van der Waals surface area contributed by atoms with Crippen LogP contribution in [-0.2, 0) is 6.18 Å². The lowest BCUT2D eigenvalue weighted by atomic mass is 9.75. The average molecular weight is 301 g/mol. The molecule has 2 heterocycles. The first-order chi connectivity index (χ1) is 9.59. The Morgan fingerprint density at radius 3 is 2.24 bits per heavy atom. The van der Waals surface area contributed by atoms with Crippen LogP contribution in [0.4, 0.5) is 24.5 Å². The number of nitrogen functional groups attached to an aromatic ring is 1. The van der Waals surface area contributed by atoms with Gasteiger partial charge in [0.1, 0.15) is 5.69 Å². The molecule has 3 nitrogen and oxygen atoms in total. The molecule has 0 saturated carbocycles. The fourth-order valence-electron chi connectivity index (χ4n) is 2.87. The van der Waals surface area contributed by atoms with E-state index in [4.69, 9.17) is 5.73 Å². The molecule has 1 aliphatic rings. The lowest BCUT2D eigenvalue weighted by molar-refractivity contribution is -0.141. The van der Waals surface area contributed by atoms with Crippen LogP contribution in [0.2, 0.25) is 0 Å². The van der Waals surface area contributed by atoms with E-state index in [1.54, 1.807) is 0 Å². The van der Waals surface area contributed by atoms with Crippen molar-refractivity contribution in [3.8, 4) is 0 Å². The van der Waals surface area contributed by atoms with Gasteiger partial charge in [-0.25, -0.2) is 4.98 Å². The van der Waals surface area contributed by atoms with Crippen LogP contribution in [-0.4, -0.2) is 18.1 Å². The summed E-state index contributed by atoms with van der Waals surface area (Å²) in [7, 11) is 0. The van der Waals surface area contributed by atoms with Crippen LogP contribution >= 0.6 is 0 Å². The fourth-order valence-corrected chi connectivity index (χ4v) is 2.87. The van der Waals surface area contributed by atoms with Gasteiger partial charge < -0.3 is 10.6 Å². The molecule has 2 rings (SSSR count). The maximum Gasteiger partial charge on any atom is 0.433 e. The number of nitrogens with two attached hydrogens (primary N) is 1. The predicted molar refractivity (Wildman–Crippen MR) is 78.0 cm³/mol. The van der Waals surface area contributed by atoms with E-state index in [0.717, 1.165) is 38.2 Å². The van der Waals surface area contributed by atoms with Gasteiger partial charge in [-0.15, -0.1) is 0 Å². The van der Waals surface area contributed by atoms with E-state index in [1.807, 2.05) is 4.90 Å². The average Bonchev–Trinajstić information content (AvgIpc) is 2.37. The second kappa shape index (κ2) is 5.39. The van der Waals surface area contributed by atoms with Crippen LogP contribution in [0.3, 0.4) is 0 Å². The normalized spacial score (nSPS) is 18.1. The second-order valence-corrected chi connectivity index (χ2v) is 6.75. The maximum absolute atomic E-state index is 12.8. The van der Waals surface area contributed by atoms with Gasteiger partial charge in [-0.05, 0) is 30.2 Å². The van der Waals surface area contributed by atoms with Gasteiger partial charge in [0, 0.05) is 13.1 Å². The summed E-state index contributed by atoms with van der Waals surface area (Å²) in [5, 5.41) is 0. The zero-order valence-corrected chi connectivity index (χ0v) is 12.7. The van der Waals surface area contributed by atoms with Crippen molar-refractivity contribution in [1.82, 2.24) is 4.98 Å². The minimum Gasteiger partial charge on any atom is -0.396 e. The molecule has 0 bridgehead atoms. The first-order valence-electron chi connectivity index (χ1n) is 7.16. The van der Waals surface area contributed by atoms with Gasteiger partial charge in [-0.1, -0.05) is 20.8 Å². The maximum atomic E-state index is 12.8. The van der Waals surface area contributed by atoms with Gasteiger partial charge >= 0.3 is 6.18 Å². The van der Waals surface area contributed by atoms with Gasteiger partial charge in [0.25, 0.3) is 0 Å². The predicted octanol–water partition coefficient (Wildman–Crippen LogP) is 3.95. The molecule has 0 aliphatic carbocycles. The molecule has 1 aromatic rings. The lowest BCUT2D eigenvalue weighted by Crippen LogP contribution is -2.38. The number of rotatable bonds is 1. The molecular formula is C15H22F3N3. The smallest absolute Gasteiger partial charge is 0.396 e. The van der Waals surface area contributed by atoms with Gasteiger partial charge in [0.05, 0.1) is 17.6 Å². The van der Waals surface area contributed by atoms with Crippen molar-refractivity contribution in [3.63, 3.8) is 0 Å². The van der Waals surface area contributed by atoms with E-state index in [0.29, 0.717) is 17.3 Å². The Labute approximate surface area is 123 Å². The number of nitrogens with zero attached hydrogens (tertiary/aromatic N) is 2. The molecule has 21 heavy (non-hydrogen) atoms. The van der Waals surface area contributed by atoms with Crippen LogP contribution in [0, 0.1) is 11.3 Å². The number of piperidine rings is 1. The summed E-state index contributed by atoms with van der Waals surface area (Å²) in [5.41, 5.74) is 5.91. The Bertz CT molecular complexity index is 498. The van der Waals surface area contributed by atoms with E-state index in [9.17, 15) is 13.2 Å². The zero-order valence-electron chi connectivity index (χ0n) is 12.7. The van der Waals surface area contributed by atoms with Gasteiger partial charge in [-0.2, -0.15) is 13.2 Å². The Hall–Kier alpha value is -1.46. The SMILES string of the molecule is CC(C)(C)C1CCN(c2cc(C(F)(F)F)ncc2N)CC1. The molecule has 0 spiro atoms. The molecule has 2 N–H and O–H groups in total. The van der Waals surface area contributed by atoms with E-state index < -0.39 is 11.9 Å². The van der Waals surface area contributed by atoms with Crippen molar-refractivity contribution in [2.75, 3.05) is 23.7 Å². The molecule has 0 amide bonds. The molecule has 1 aromatic heterocycles. The van der Waals surface area contributed by atoms with Crippen molar-refractivity contribution in [1.29, 1.82) is 0 Å². The largest absolute Gasteiger partial charge is 0.433 e. The third-order valence-corrected chi connectivity index (χ3v) is 4.26. The number of aromatic nitrogens is 1. The molecule has 0 unspecified atom stereocenters. The highest BCUT2D eigenvalue weighted by Crippen LogP contribution is 2.38. The van der Waals surface area contributed by atoms with Crippen molar-refractivity contribution in [2.45, 2.75) is 39.8 Å². The van der Waals surface area contributed by atoms with Crippen molar-refractivity contribution in [2.24, 2.45) is 11.3 Å². The summed E-state index contributed by atoms with van der Waals surface area (Å²) in [4.78, 5) is 5.32. The summed E-state index contributed by atoms with van der Waals surface area (Å²) < 4.78 is 38.3. The first-order valence-corrected chi connectivity index (χ1v) is 7.16. The molecule has 6 heteroatoms.